The van der Waals surface area contributed by atoms with Crippen LogP contribution >= 0.6 is 0 Å². The summed E-state index contributed by atoms with van der Waals surface area (Å²) in [5, 5.41) is 0. The Morgan fingerprint density at radius 3 is 2.76 bits per heavy atom. The number of likely N-dealkylation sites (tertiary alicyclic amines) is 1. The largest absolute Gasteiger partial charge is 0.494 e. The van der Waals surface area contributed by atoms with Crippen molar-refractivity contribution in [1.82, 2.24) is 4.90 Å². The monoisotopic (exact) mass is 290 g/mol. The normalized spacial score (nSPS) is 28.3. The van der Waals surface area contributed by atoms with Crippen molar-refractivity contribution in [1.29, 1.82) is 0 Å². The molecule has 0 bridgehead atoms. The summed E-state index contributed by atoms with van der Waals surface area (Å²) < 4.78 is 5.64. The first-order chi connectivity index (χ1) is 10.1. The highest BCUT2D eigenvalue weighted by Crippen LogP contribution is 2.34. The second-order valence-electron chi connectivity index (χ2n) is 6.51. The first-order valence-corrected chi connectivity index (χ1v) is 8.25. The lowest BCUT2D eigenvalue weighted by atomic mass is 9.84. The molecule has 1 aliphatic heterocycles. The molecule has 0 amide bonds. The highest BCUT2D eigenvalue weighted by molar-refractivity contribution is 5.31. The summed E-state index contributed by atoms with van der Waals surface area (Å²) >= 11 is 0. The van der Waals surface area contributed by atoms with Crippen molar-refractivity contribution in [2.45, 2.75) is 46.2 Å². The third-order valence-corrected chi connectivity index (χ3v) is 4.82. The standard InChI is InChI=1S/C18H30N2O/c1-5-21-17-8-6-7-16(10-17)18(11-19)20-12-13(2)9-14(3)15(20)4/h6-8,10,13-15,18H,5,9,11-12,19H2,1-4H3. The predicted molar refractivity (Wildman–Crippen MR) is 88.5 cm³/mol. The van der Waals surface area contributed by atoms with Crippen molar-refractivity contribution < 1.29 is 4.74 Å². The number of ether oxygens (including phenoxy) is 1. The summed E-state index contributed by atoms with van der Waals surface area (Å²) in [6.45, 7) is 11.5. The number of benzene rings is 1. The van der Waals surface area contributed by atoms with Crippen LogP contribution in [0, 0.1) is 11.8 Å². The Morgan fingerprint density at radius 1 is 1.33 bits per heavy atom. The van der Waals surface area contributed by atoms with E-state index in [0.29, 0.717) is 19.2 Å². The van der Waals surface area contributed by atoms with Crippen molar-refractivity contribution in [3.8, 4) is 5.75 Å². The molecule has 3 heteroatoms. The zero-order valence-corrected chi connectivity index (χ0v) is 13.9. The lowest BCUT2D eigenvalue weighted by Crippen LogP contribution is -2.49. The van der Waals surface area contributed by atoms with E-state index in [1.54, 1.807) is 0 Å². The summed E-state index contributed by atoms with van der Waals surface area (Å²) in [6.07, 6.45) is 1.31. The Hall–Kier alpha value is -1.06. The summed E-state index contributed by atoms with van der Waals surface area (Å²) in [4.78, 5) is 2.59. The predicted octanol–water partition coefficient (Wildman–Crippen LogP) is 3.45. The van der Waals surface area contributed by atoms with Crippen LogP contribution in [0.1, 0.15) is 45.7 Å². The molecular formula is C18H30N2O. The lowest BCUT2D eigenvalue weighted by molar-refractivity contribution is 0.0424. The van der Waals surface area contributed by atoms with E-state index in [-0.39, 0.29) is 6.04 Å². The molecule has 0 saturated carbocycles. The lowest BCUT2D eigenvalue weighted by Gasteiger charge is -2.45. The average Bonchev–Trinajstić information content (AvgIpc) is 2.45. The molecule has 4 atom stereocenters. The van der Waals surface area contributed by atoms with Gasteiger partial charge in [-0.05, 0) is 49.8 Å². The van der Waals surface area contributed by atoms with Crippen molar-refractivity contribution in [3.05, 3.63) is 29.8 Å². The van der Waals surface area contributed by atoms with E-state index in [1.807, 2.05) is 13.0 Å². The highest BCUT2D eigenvalue weighted by Gasteiger charge is 2.33. The van der Waals surface area contributed by atoms with Gasteiger partial charge in [0.15, 0.2) is 0 Å². The van der Waals surface area contributed by atoms with E-state index in [2.05, 4.69) is 43.9 Å². The van der Waals surface area contributed by atoms with E-state index in [4.69, 9.17) is 10.5 Å². The Labute approximate surface area is 129 Å². The van der Waals surface area contributed by atoms with Gasteiger partial charge in [-0.1, -0.05) is 26.0 Å². The van der Waals surface area contributed by atoms with Crippen molar-refractivity contribution in [2.75, 3.05) is 19.7 Å². The molecule has 2 N–H and O–H groups in total. The molecule has 1 aromatic carbocycles. The minimum Gasteiger partial charge on any atom is -0.494 e. The number of nitrogens with two attached hydrogens (primary N) is 1. The fourth-order valence-corrected chi connectivity index (χ4v) is 3.61. The molecule has 1 saturated heterocycles. The number of nitrogens with zero attached hydrogens (tertiary/aromatic N) is 1. The fraction of sp³-hybridized carbons (Fsp3) is 0.667. The van der Waals surface area contributed by atoms with Gasteiger partial charge in [-0.25, -0.2) is 0 Å². The van der Waals surface area contributed by atoms with E-state index in [0.717, 1.165) is 24.1 Å². The summed E-state index contributed by atoms with van der Waals surface area (Å²) in [5.74, 6) is 2.40. The van der Waals surface area contributed by atoms with Crippen LogP contribution in [0.3, 0.4) is 0 Å². The summed E-state index contributed by atoms with van der Waals surface area (Å²) in [6, 6.07) is 9.28. The number of hydrogen-bond acceptors (Lipinski definition) is 3. The van der Waals surface area contributed by atoms with Crippen LogP contribution in [0.5, 0.6) is 5.75 Å². The summed E-state index contributed by atoms with van der Waals surface area (Å²) in [7, 11) is 0. The number of rotatable bonds is 5. The van der Waals surface area contributed by atoms with Crippen LogP contribution in [0.25, 0.3) is 0 Å². The molecule has 1 aliphatic rings. The van der Waals surface area contributed by atoms with Crippen molar-refractivity contribution in [2.24, 2.45) is 17.6 Å². The number of piperidine rings is 1. The molecule has 2 rings (SSSR count). The van der Waals surface area contributed by atoms with Crippen molar-refractivity contribution >= 4 is 0 Å². The maximum atomic E-state index is 6.13. The fourth-order valence-electron chi connectivity index (χ4n) is 3.61. The molecule has 3 nitrogen and oxygen atoms in total. The van der Waals surface area contributed by atoms with Crippen LogP contribution in [-0.2, 0) is 0 Å². The van der Waals surface area contributed by atoms with Crippen molar-refractivity contribution in [3.63, 3.8) is 0 Å². The summed E-state index contributed by atoms with van der Waals surface area (Å²) in [5.41, 5.74) is 7.40. The van der Waals surface area contributed by atoms with Gasteiger partial charge < -0.3 is 10.5 Å². The number of hydrogen-bond donors (Lipinski definition) is 1. The molecule has 118 valence electrons. The maximum absolute atomic E-state index is 6.13. The molecule has 0 aliphatic carbocycles. The minimum absolute atomic E-state index is 0.283. The molecular weight excluding hydrogens is 260 g/mol. The maximum Gasteiger partial charge on any atom is 0.119 e. The Bertz CT molecular complexity index is 449. The SMILES string of the molecule is CCOc1cccc(C(CN)N2CC(C)CC(C)C2C)c1. The van der Waals surface area contributed by atoms with Gasteiger partial charge in [-0.2, -0.15) is 0 Å². The second kappa shape index (κ2) is 7.28. The van der Waals surface area contributed by atoms with Gasteiger partial charge in [0.25, 0.3) is 0 Å². The molecule has 1 aromatic rings. The Balaban J connectivity index is 2.23. The van der Waals surface area contributed by atoms with Crippen LogP contribution in [-0.4, -0.2) is 30.6 Å². The Morgan fingerprint density at radius 2 is 2.10 bits per heavy atom. The highest BCUT2D eigenvalue weighted by atomic mass is 16.5. The first kappa shape index (κ1) is 16.3. The Kier molecular flexibility index (Phi) is 5.65. The quantitative estimate of drug-likeness (QED) is 0.902. The van der Waals surface area contributed by atoms with E-state index >= 15 is 0 Å². The van der Waals surface area contributed by atoms with Gasteiger partial charge in [-0.3, -0.25) is 4.90 Å². The van der Waals surface area contributed by atoms with Gasteiger partial charge in [0.2, 0.25) is 0 Å². The molecule has 0 aromatic heterocycles. The van der Waals surface area contributed by atoms with Crippen LogP contribution < -0.4 is 10.5 Å². The van der Waals surface area contributed by atoms with Crippen LogP contribution in [0.4, 0.5) is 0 Å². The molecule has 1 fully saturated rings. The van der Waals surface area contributed by atoms with Gasteiger partial charge in [0, 0.05) is 25.2 Å². The smallest absolute Gasteiger partial charge is 0.119 e. The zero-order valence-electron chi connectivity index (χ0n) is 13.9. The zero-order chi connectivity index (χ0) is 15.4. The third kappa shape index (κ3) is 3.78. The third-order valence-electron chi connectivity index (χ3n) is 4.82. The van der Waals surface area contributed by atoms with Crippen LogP contribution in [0.15, 0.2) is 24.3 Å². The first-order valence-electron chi connectivity index (χ1n) is 8.25. The molecule has 0 radical (unpaired) electrons. The topological polar surface area (TPSA) is 38.5 Å². The molecule has 4 unspecified atom stereocenters. The van der Waals surface area contributed by atoms with E-state index < -0.39 is 0 Å². The molecule has 1 heterocycles. The van der Waals surface area contributed by atoms with Gasteiger partial charge in [0.05, 0.1) is 6.61 Å². The van der Waals surface area contributed by atoms with Crippen LogP contribution in [0.2, 0.25) is 0 Å². The average molecular weight is 290 g/mol. The molecule has 21 heavy (non-hydrogen) atoms. The van der Waals surface area contributed by atoms with E-state index in [9.17, 15) is 0 Å². The van der Waals surface area contributed by atoms with Gasteiger partial charge in [0.1, 0.15) is 5.75 Å². The second-order valence-corrected chi connectivity index (χ2v) is 6.51. The van der Waals surface area contributed by atoms with Gasteiger partial charge >= 0.3 is 0 Å². The minimum atomic E-state index is 0.283. The van der Waals surface area contributed by atoms with E-state index in [1.165, 1.54) is 12.0 Å². The molecule has 0 spiro atoms. The van der Waals surface area contributed by atoms with Gasteiger partial charge in [-0.15, -0.1) is 0 Å².